The average Bonchev–Trinajstić information content (AvgIpc) is 2.79. The molecule has 1 N–H and O–H groups in total. The van der Waals surface area contributed by atoms with Gasteiger partial charge in [0.05, 0.1) is 6.54 Å². The second-order valence-corrected chi connectivity index (χ2v) is 5.22. The minimum absolute atomic E-state index is 0. The number of aryl methyl sites for hydroxylation is 1. The summed E-state index contributed by atoms with van der Waals surface area (Å²) < 4.78 is 1.79. The largest absolute Gasteiger partial charge is 0.357 e. The van der Waals surface area contributed by atoms with E-state index in [1.165, 1.54) is 0 Å². The standard InChI is InChI=1S/C12H24N6S.HI/c1-5-13-12(14-7-6-8-19-4)17(2)9-11-15-10-16-18(11)3;/h10H,5-9H2,1-4H3,(H,13,14);1H. The highest BCUT2D eigenvalue weighted by Crippen LogP contribution is 2.00. The van der Waals surface area contributed by atoms with Gasteiger partial charge in [-0.25, -0.2) is 4.98 Å². The maximum atomic E-state index is 4.62. The first kappa shape index (κ1) is 19.5. The van der Waals surface area contributed by atoms with E-state index in [2.05, 4.69) is 38.5 Å². The number of nitrogens with one attached hydrogen (secondary N) is 1. The number of hydrogen-bond donors (Lipinski definition) is 1. The lowest BCUT2D eigenvalue weighted by atomic mass is 10.5. The molecule has 6 nitrogen and oxygen atoms in total. The zero-order valence-electron chi connectivity index (χ0n) is 12.7. The highest BCUT2D eigenvalue weighted by molar-refractivity contribution is 14.0. The van der Waals surface area contributed by atoms with Crippen molar-refractivity contribution in [1.82, 2.24) is 25.0 Å². The predicted octanol–water partition coefficient (Wildman–Crippen LogP) is 1.58. The van der Waals surface area contributed by atoms with Crippen molar-refractivity contribution in [3.05, 3.63) is 12.2 Å². The van der Waals surface area contributed by atoms with E-state index in [4.69, 9.17) is 0 Å². The molecule has 20 heavy (non-hydrogen) atoms. The predicted molar refractivity (Wildman–Crippen MR) is 96.9 cm³/mol. The Bertz CT molecular complexity index is 395. The van der Waals surface area contributed by atoms with Gasteiger partial charge in [0.25, 0.3) is 0 Å². The van der Waals surface area contributed by atoms with Crippen molar-refractivity contribution >= 4 is 41.7 Å². The molecule has 0 saturated carbocycles. The Kier molecular flexibility index (Phi) is 10.9. The number of rotatable bonds is 7. The van der Waals surface area contributed by atoms with Crippen molar-refractivity contribution < 1.29 is 0 Å². The van der Waals surface area contributed by atoms with Crippen LogP contribution in [0.1, 0.15) is 19.2 Å². The fourth-order valence-electron chi connectivity index (χ4n) is 1.61. The molecular weight excluding hydrogens is 387 g/mol. The molecule has 0 radical (unpaired) electrons. The highest BCUT2D eigenvalue weighted by atomic mass is 127. The molecule has 0 fully saturated rings. The van der Waals surface area contributed by atoms with Gasteiger partial charge in [0.1, 0.15) is 12.2 Å². The molecule has 0 aliphatic rings. The summed E-state index contributed by atoms with van der Waals surface area (Å²) in [4.78, 5) is 10.9. The second kappa shape index (κ2) is 11.2. The lowest BCUT2D eigenvalue weighted by Crippen LogP contribution is -2.39. The molecule has 1 aromatic rings. The Morgan fingerprint density at radius 1 is 1.55 bits per heavy atom. The minimum atomic E-state index is 0. The quantitative estimate of drug-likeness (QED) is 0.319. The third-order valence-corrected chi connectivity index (χ3v) is 3.35. The number of guanidine groups is 1. The number of aliphatic imine (C=N–C) groups is 1. The van der Waals surface area contributed by atoms with Crippen molar-refractivity contribution in [1.29, 1.82) is 0 Å². The zero-order chi connectivity index (χ0) is 14.1. The lowest BCUT2D eigenvalue weighted by Gasteiger charge is -2.21. The van der Waals surface area contributed by atoms with Crippen molar-refractivity contribution in [3.8, 4) is 0 Å². The van der Waals surface area contributed by atoms with E-state index in [1.54, 1.807) is 11.0 Å². The fraction of sp³-hybridized carbons (Fsp3) is 0.750. The monoisotopic (exact) mass is 412 g/mol. The number of nitrogens with zero attached hydrogens (tertiary/aromatic N) is 5. The number of thioether (sulfide) groups is 1. The first-order valence-corrected chi connectivity index (χ1v) is 7.89. The van der Waals surface area contributed by atoms with E-state index in [-0.39, 0.29) is 24.0 Å². The van der Waals surface area contributed by atoms with Crippen molar-refractivity contribution in [2.24, 2.45) is 12.0 Å². The first-order chi connectivity index (χ1) is 9.19. The lowest BCUT2D eigenvalue weighted by molar-refractivity contribution is 0.448. The second-order valence-electron chi connectivity index (χ2n) is 4.24. The first-order valence-electron chi connectivity index (χ1n) is 6.50. The van der Waals surface area contributed by atoms with Crippen molar-refractivity contribution in [2.45, 2.75) is 19.9 Å². The summed E-state index contributed by atoms with van der Waals surface area (Å²) in [5.74, 6) is 3.00. The maximum absolute atomic E-state index is 4.62. The van der Waals surface area contributed by atoms with Gasteiger partial charge in [-0.05, 0) is 25.4 Å². The van der Waals surface area contributed by atoms with E-state index < -0.39 is 0 Å². The van der Waals surface area contributed by atoms with Crippen LogP contribution in [0.15, 0.2) is 11.3 Å². The normalized spacial score (nSPS) is 11.1. The molecule has 0 bridgehead atoms. The molecular formula is C12H25IN6S. The Labute approximate surface area is 142 Å². The number of aromatic nitrogens is 3. The Hall–Kier alpha value is -0.510. The van der Waals surface area contributed by atoms with Crippen molar-refractivity contribution in [2.75, 3.05) is 32.1 Å². The van der Waals surface area contributed by atoms with E-state index in [1.807, 2.05) is 25.9 Å². The summed E-state index contributed by atoms with van der Waals surface area (Å²) in [7, 11) is 3.92. The van der Waals surface area contributed by atoms with E-state index >= 15 is 0 Å². The Balaban J connectivity index is 0.00000361. The molecule has 8 heteroatoms. The average molecular weight is 412 g/mol. The van der Waals surface area contributed by atoms with Gasteiger partial charge in [-0.1, -0.05) is 0 Å². The van der Waals surface area contributed by atoms with Crippen LogP contribution in [0.2, 0.25) is 0 Å². The third-order valence-electron chi connectivity index (χ3n) is 2.65. The van der Waals surface area contributed by atoms with E-state index in [0.717, 1.165) is 37.0 Å². The summed E-state index contributed by atoms with van der Waals surface area (Å²) in [6.45, 7) is 4.50. The molecule has 1 rings (SSSR count). The summed E-state index contributed by atoms with van der Waals surface area (Å²) in [6.07, 6.45) is 4.80. The van der Waals surface area contributed by atoms with E-state index in [0.29, 0.717) is 6.54 Å². The Morgan fingerprint density at radius 3 is 2.85 bits per heavy atom. The number of halogens is 1. The van der Waals surface area contributed by atoms with Crippen LogP contribution < -0.4 is 5.32 Å². The molecule has 0 spiro atoms. The van der Waals surface area contributed by atoms with Crippen LogP contribution >= 0.6 is 35.7 Å². The van der Waals surface area contributed by atoms with Gasteiger partial charge < -0.3 is 10.2 Å². The smallest absolute Gasteiger partial charge is 0.194 e. The summed E-state index contributed by atoms with van der Waals surface area (Å²) in [6, 6.07) is 0. The van der Waals surface area contributed by atoms with Gasteiger partial charge in [0, 0.05) is 27.2 Å². The minimum Gasteiger partial charge on any atom is -0.357 e. The topological polar surface area (TPSA) is 58.3 Å². The number of hydrogen-bond acceptors (Lipinski definition) is 4. The van der Waals surface area contributed by atoms with Crippen LogP contribution in [0.5, 0.6) is 0 Å². The molecule has 0 aliphatic carbocycles. The molecule has 0 aliphatic heterocycles. The molecule has 1 aromatic heterocycles. The summed E-state index contributed by atoms with van der Waals surface area (Å²) in [5, 5.41) is 7.38. The molecule has 116 valence electrons. The van der Waals surface area contributed by atoms with Crippen LogP contribution in [-0.4, -0.2) is 57.8 Å². The van der Waals surface area contributed by atoms with Gasteiger partial charge in [-0.2, -0.15) is 16.9 Å². The van der Waals surface area contributed by atoms with Crippen LogP contribution in [0, 0.1) is 0 Å². The zero-order valence-corrected chi connectivity index (χ0v) is 15.8. The van der Waals surface area contributed by atoms with Gasteiger partial charge in [-0.3, -0.25) is 9.67 Å². The summed E-state index contributed by atoms with van der Waals surface area (Å²) in [5.41, 5.74) is 0. The fourth-order valence-corrected chi connectivity index (χ4v) is 2.03. The molecule has 0 amide bonds. The highest BCUT2D eigenvalue weighted by Gasteiger charge is 2.09. The molecule has 0 unspecified atom stereocenters. The van der Waals surface area contributed by atoms with Crippen LogP contribution in [0.4, 0.5) is 0 Å². The van der Waals surface area contributed by atoms with Crippen LogP contribution in [0.25, 0.3) is 0 Å². The van der Waals surface area contributed by atoms with Crippen LogP contribution in [0.3, 0.4) is 0 Å². The van der Waals surface area contributed by atoms with Crippen molar-refractivity contribution in [3.63, 3.8) is 0 Å². The van der Waals surface area contributed by atoms with Gasteiger partial charge in [0.15, 0.2) is 5.96 Å². The van der Waals surface area contributed by atoms with E-state index in [9.17, 15) is 0 Å². The van der Waals surface area contributed by atoms with Gasteiger partial charge >= 0.3 is 0 Å². The molecule has 1 heterocycles. The van der Waals surface area contributed by atoms with Crippen LogP contribution in [-0.2, 0) is 13.6 Å². The summed E-state index contributed by atoms with van der Waals surface area (Å²) >= 11 is 1.86. The van der Waals surface area contributed by atoms with Gasteiger partial charge in [0.2, 0.25) is 0 Å². The molecule has 0 saturated heterocycles. The van der Waals surface area contributed by atoms with Gasteiger partial charge in [-0.15, -0.1) is 24.0 Å². The maximum Gasteiger partial charge on any atom is 0.194 e. The SMILES string of the molecule is CCNC(=NCCCSC)N(C)Cc1ncnn1C.I. The molecule has 0 atom stereocenters. The Morgan fingerprint density at radius 2 is 2.30 bits per heavy atom. The third kappa shape index (κ3) is 6.78. The molecule has 0 aromatic carbocycles.